The van der Waals surface area contributed by atoms with Gasteiger partial charge in [-0.25, -0.2) is 0 Å². The molecule has 0 fully saturated rings. The number of Topliss-reactive ketones (excluding diaryl/α,β-unsaturated/α-hetero) is 1. The summed E-state index contributed by atoms with van der Waals surface area (Å²) in [5.74, 6) is -0.201. The van der Waals surface area contributed by atoms with Crippen molar-refractivity contribution in [1.29, 1.82) is 0 Å². The number of thiophene rings is 1. The summed E-state index contributed by atoms with van der Waals surface area (Å²) in [6.45, 7) is 1.39. The van der Waals surface area contributed by atoms with Crippen LogP contribution >= 0.6 is 11.3 Å². The molecule has 0 radical (unpaired) electrons. The first kappa shape index (κ1) is 16.9. The van der Waals surface area contributed by atoms with Gasteiger partial charge in [-0.15, -0.1) is 11.3 Å². The Morgan fingerprint density at radius 1 is 1.12 bits per heavy atom. The van der Waals surface area contributed by atoms with Crippen molar-refractivity contribution >= 4 is 28.5 Å². The van der Waals surface area contributed by atoms with Crippen molar-refractivity contribution in [2.24, 2.45) is 0 Å². The summed E-state index contributed by atoms with van der Waals surface area (Å²) >= 11 is 1.58. The van der Waals surface area contributed by atoms with E-state index in [-0.39, 0.29) is 17.5 Å². The van der Waals surface area contributed by atoms with E-state index in [1.54, 1.807) is 23.5 Å². The Labute approximate surface area is 149 Å². The third-order valence-electron chi connectivity index (χ3n) is 3.86. The molecule has 1 atom stereocenters. The van der Waals surface area contributed by atoms with E-state index in [9.17, 15) is 14.9 Å². The normalized spacial score (nSPS) is 11.7. The van der Waals surface area contributed by atoms with Gasteiger partial charge in [-0.2, -0.15) is 0 Å². The second-order valence-electron chi connectivity index (χ2n) is 5.55. The number of anilines is 1. The van der Waals surface area contributed by atoms with Crippen LogP contribution < -0.4 is 5.32 Å². The van der Waals surface area contributed by atoms with Gasteiger partial charge in [0.1, 0.15) is 5.69 Å². The van der Waals surface area contributed by atoms with Gasteiger partial charge in [0.15, 0.2) is 5.78 Å². The van der Waals surface area contributed by atoms with Crippen LogP contribution in [0.1, 0.15) is 33.8 Å². The van der Waals surface area contributed by atoms with Crippen LogP contribution in [0, 0.1) is 10.1 Å². The highest BCUT2D eigenvalue weighted by molar-refractivity contribution is 7.10. The molecule has 3 aromatic rings. The monoisotopic (exact) mass is 352 g/mol. The van der Waals surface area contributed by atoms with Crippen molar-refractivity contribution in [3.8, 4) is 0 Å². The Morgan fingerprint density at radius 3 is 2.48 bits per heavy atom. The van der Waals surface area contributed by atoms with Gasteiger partial charge in [0.05, 0.1) is 11.0 Å². The molecule has 0 amide bonds. The number of rotatable bonds is 6. The quantitative estimate of drug-likeness (QED) is 0.382. The van der Waals surface area contributed by atoms with Crippen molar-refractivity contribution < 1.29 is 9.72 Å². The number of nitrogens with zero attached hydrogens (tertiary/aromatic N) is 1. The zero-order valence-electron chi connectivity index (χ0n) is 13.5. The molecule has 1 N–H and O–H groups in total. The highest BCUT2D eigenvalue weighted by Crippen LogP contribution is 2.34. The zero-order chi connectivity index (χ0) is 17.8. The molecule has 0 aliphatic carbocycles. The van der Waals surface area contributed by atoms with Crippen molar-refractivity contribution in [3.63, 3.8) is 0 Å². The number of nitro groups is 1. The van der Waals surface area contributed by atoms with Crippen LogP contribution in [0.25, 0.3) is 0 Å². The number of hydrogen-bond acceptors (Lipinski definition) is 5. The fourth-order valence-electron chi connectivity index (χ4n) is 2.60. The second kappa shape index (κ2) is 7.27. The average Bonchev–Trinajstić information content (AvgIpc) is 3.14. The summed E-state index contributed by atoms with van der Waals surface area (Å²) in [5.41, 5.74) is 1.61. The first-order chi connectivity index (χ1) is 12.1. The maximum absolute atomic E-state index is 11.5. The highest BCUT2D eigenvalue weighted by atomic mass is 32.1. The number of benzene rings is 2. The predicted octanol–water partition coefficient (Wildman–Crippen LogP) is 5.06. The Kier molecular flexibility index (Phi) is 4.90. The molecule has 0 saturated heterocycles. The lowest BCUT2D eigenvalue weighted by Gasteiger charge is -2.19. The van der Waals surface area contributed by atoms with Gasteiger partial charge in [0.2, 0.25) is 0 Å². The molecule has 0 saturated carbocycles. The third-order valence-corrected chi connectivity index (χ3v) is 4.80. The molecule has 0 unspecified atom stereocenters. The minimum absolute atomic E-state index is 0.106. The lowest BCUT2D eigenvalue weighted by molar-refractivity contribution is -0.384. The van der Waals surface area contributed by atoms with Gasteiger partial charge in [0.25, 0.3) is 5.69 Å². The molecule has 126 valence electrons. The van der Waals surface area contributed by atoms with Crippen LogP contribution in [0.3, 0.4) is 0 Å². The van der Waals surface area contributed by atoms with Crippen molar-refractivity contribution in [2.75, 3.05) is 5.32 Å². The zero-order valence-corrected chi connectivity index (χ0v) is 14.3. The Morgan fingerprint density at radius 2 is 1.88 bits per heavy atom. The molecule has 3 rings (SSSR count). The fraction of sp³-hybridized carbons (Fsp3) is 0.105. The van der Waals surface area contributed by atoms with Gasteiger partial charge in [-0.05, 0) is 36.1 Å². The van der Waals surface area contributed by atoms with Gasteiger partial charge in [0, 0.05) is 16.5 Å². The largest absolute Gasteiger partial charge is 0.368 e. The summed E-state index contributed by atoms with van der Waals surface area (Å²) in [6.07, 6.45) is 0. The van der Waals surface area contributed by atoms with Gasteiger partial charge >= 0.3 is 0 Å². The number of nitrogens with one attached hydrogen (secondary N) is 1. The molecule has 0 spiro atoms. The van der Waals surface area contributed by atoms with E-state index in [2.05, 4.69) is 5.32 Å². The van der Waals surface area contributed by atoms with Crippen LogP contribution in [0.2, 0.25) is 0 Å². The topological polar surface area (TPSA) is 72.2 Å². The molecule has 5 nitrogen and oxygen atoms in total. The first-order valence-electron chi connectivity index (χ1n) is 7.70. The third kappa shape index (κ3) is 3.75. The van der Waals surface area contributed by atoms with Crippen molar-refractivity contribution in [2.45, 2.75) is 13.0 Å². The molecule has 2 aromatic carbocycles. The van der Waals surface area contributed by atoms with E-state index < -0.39 is 4.92 Å². The summed E-state index contributed by atoms with van der Waals surface area (Å²) in [7, 11) is 0. The number of carbonyl (C=O) groups excluding carboxylic acids is 1. The second-order valence-corrected chi connectivity index (χ2v) is 6.53. The molecule has 0 aliphatic heterocycles. The first-order valence-corrected chi connectivity index (χ1v) is 8.58. The summed E-state index contributed by atoms with van der Waals surface area (Å²) in [5, 5.41) is 16.7. The van der Waals surface area contributed by atoms with E-state index >= 15 is 0 Å². The molecule has 0 bridgehead atoms. The van der Waals surface area contributed by atoms with E-state index in [4.69, 9.17) is 0 Å². The van der Waals surface area contributed by atoms with Gasteiger partial charge in [-0.1, -0.05) is 36.4 Å². The van der Waals surface area contributed by atoms with Crippen LogP contribution in [-0.4, -0.2) is 10.7 Å². The number of nitro benzene ring substituents is 1. The molecule has 25 heavy (non-hydrogen) atoms. The van der Waals surface area contributed by atoms with E-state index in [1.807, 2.05) is 47.8 Å². The fourth-order valence-corrected chi connectivity index (χ4v) is 3.40. The van der Waals surface area contributed by atoms with E-state index in [0.29, 0.717) is 11.3 Å². The summed E-state index contributed by atoms with van der Waals surface area (Å²) in [6, 6.07) is 18.0. The number of ketones is 1. The Bertz CT molecular complexity index is 892. The van der Waals surface area contributed by atoms with Crippen LogP contribution in [0.15, 0.2) is 66.0 Å². The average molecular weight is 352 g/mol. The Hall–Kier alpha value is -2.99. The number of hydrogen-bond donors (Lipinski definition) is 1. The smallest absolute Gasteiger partial charge is 0.293 e. The molecule has 1 aromatic heterocycles. The molecule has 0 aliphatic rings. The summed E-state index contributed by atoms with van der Waals surface area (Å²) in [4.78, 5) is 23.6. The van der Waals surface area contributed by atoms with E-state index in [0.717, 1.165) is 10.4 Å². The minimum Gasteiger partial charge on any atom is -0.368 e. The highest BCUT2D eigenvalue weighted by Gasteiger charge is 2.21. The molecule has 1 heterocycles. The maximum Gasteiger partial charge on any atom is 0.293 e. The predicted molar refractivity (Wildman–Crippen MR) is 99.3 cm³/mol. The van der Waals surface area contributed by atoms with Gasteiger partial charge < -0.3 is 5.32 Å². The van der Waals surface area contributed by atoms with Gasteiger partial charge in [-0.3, -0.25) is 14.9 Å². The Balaban J connectivity index is 2.03. The van der Waals surface area contributed by atoms with Crippen molar-refractivity contribution in [3.05, 3.63) is 92.2 Å². The van der Waals surface area contributed by atoms with Crippen LogP contribution in [-0.2, 0) is 0 Å². The standard InChI is InChI=1S/C19H16N2O3S/c1-13(22)15-9-10-16(17(12-15)21(23)24)20-19(18-8-5-11-25-18)14-6-3-2-4-7-14/h2-12,19-20H,1H3/t19-/m1/s1. The maximum atomic E-state index is 11.5. The summed E-state index contributed by atoms with van der Waals surface area (Å²) < 4.78 is 0. The molecular formula is C19H16N2O3S. The minimum atomic E-state index is -0.467. The molecular weight excluding hydrogens is 336 g/mol. The lowest BCUT2D eigenvalue weighted by Crippen LogP contribution is -2.12. The number of carbonyl (C=O) groups is 1. The van der Waals surface area contributed by atoms with E-state index in [1.165, 1.54) is 13.0 Å². The molecule has 6 heteroatoms. The van der Waals surface area contributed by atoms with Crippen molar-refractivity contribution in [1.82, 2.24) is 0 Å². The lowest BCUT2D eigenvalue weighted by atomic mass is 10.0. The van der Waals surface area contributed by atoms with Crippen LogP contribution in [0.4, 0.5) is 11.4 Å². The van der Waals surface area contributed by atoms with Crippen LogP contribution in [0.5, 0.6) is 0 Å². The SMILES string of the molecule is CC(=O)c1ccc(N[C@H](c2ccccc2)c2cccs2)c([N+](=O)[O-])c1.